The van der Waals surface area contributed by atoms with Gasteiger partial charge in [0.1, 0.15) is 12.4 Å². The SMILES string of the molecule is COCC(=O)Nn1c(C)c2c(=O)n(-c3ccc(F)cc3)[nH]c2cc1=O. The number of aromatic amines is 1. The van der Waals surface area contributed by atoms with E-state index in [1.807, 2.05) is 0 Å². The number of amides is 1. The highest BCUT2D eigenvalue weighted by Crippen LogP contribution is 2.13. The Labute approximate surface area is 140 Å². The van der Waals surface area contributed by atoms with E-state index in [-0.39, 0.29) is 17.7 Å². The maximum Gasteiger partial charge on any atom is 0.280 e. The summed E-state index contributed by atoms with van der Waals surface area (Å²) in [4.78, 5) is 36.6. The molecule has 9 heteroatoms. The monoisotopic (exact) mass is 346 g/mol. The van der Waals surface area contributed by atoms with E-state index in [1.54, 1.807) is 6.92 Å². The molecule has 1 amide bonds. The van der Waals surface area contributed by atoms with Gasteiger partial charge in [-0.3, -0.25) is 24.9 Å². The molecule has 2 N–H and O–H groups in total. The van der Waals surface area contributed by atoms with Crippen LogP contribution in [-0.2, 0) is 9.53 Å². The third-order valence-corrected chi connectivity index (χ3v) is 3.70. The number of carbonyl (C=O) groups excluding carboxylic acids is 1. The van der Waals surface area contributed by atoms with Crippen molar-refractivity contribution in [3.05, 3.63) is 62.6 Å². The summed E-state index contributed by atoms with van der Waals surface area (Å²) in [7, 11) is 1.35. The minimum Gasteiger partial charge on any atom is -0.375 e. The zero-order chi connectivity index (χ0) is 18.1. The first-order chi connectivity index (χ1) is 11.9. The van der Waals surface area contributed by atoms with Crippen LogP contribution in [0.1, 0.15) is 5.69 Å². The average Bonchev–Trinajstić information content (AvgIpc) is 2.89. The van der Waals surface area contributed by atoms with Crippen LogP contribution in [0.2, 0.25) is 0 Å². The van der Waals surface area contributed by atoms with Crippen LogP contribution in [-0.4, -0.2) is 34.1 Å². The minimum absolute atomic E-state index is 0.225. The van der Waals surface area contributed by atoms with Crippen LogP contribution in [0.3, 0.4) is 0 Å². The van der Waals surface area contributed by atoms with Gasteiger partial charge in [0.15, 0.2) is 0 Å². The Kier molecular flexibility index (Phi) is 4.24. The quantitative estimate of drug-likeness (QED) is 0.724. The van der Waals surface area contributed by atoms with Crippen LogP contribution in [0.15, 0.2) is 39.9 Å². The Bertz CT molecular complexity index is 1060. The number of nitrogens with zero attached hydrogens (tertiary/aromatic N) is 2. The second kappa shape index (κ2) is 6.36. The van der Waals surface area contributed by atoms with Gasteiger partial charge in [-0.1, -0.05) is 0 Å². The van der Waals surface area contributed by atoms with Crippen molar-refractivity contribution in [1.82, 2.24) is 14.5 Å². The van der Waals surface area contributed by atoms with Gasteiger partial charge in [-0.05, 0) is 31.2 Å². The molecular weight excluding hydrogens is 331 g/mol. The summed E-state index contributed by atoms with van der Waals surface area (Å²) in [6.07, 6.45) is 0. The molecule has 1 aromatic carbocycles. The number of fused-ring (bicyclic) bond motifs is 1. The fourth-order valence-corrected chi connectivity index (χ4v) is 2.57. The Morgan fingerprint density at radius 2 is 1.96 bits per heavy atom. The zero-order valence-corrected chi connectivity index (χ0v) is 13.5. The average molecular weight is 346 g/mol. The second-order valence-electron chi connectivity index (χ2n) is 5.39. The number of pyridine rings is 1. The molecule has 0 saturated carbocycles. The van der Waals surface area contributed by atoms with Crippen LogP contribution in [0, 0.1) is 12.7 Å². The molecule has 0 spiro atoms. The van der Waals surface area contributed by atoms with E-state index < -0.39 is 22.8 Å². The lowest BCUT2D eigenvalue weighted by molar-refractivity contribution is -0.120. The Balaban J connectivity index is 2.17. The number of ether oxygens (including phenoxy) is 1. The summed E-state index contributed by atoms with van der Waals surface area (Å²) in [6.45, 7) is 1.32. The van der Waals surface area contributed by atoms with Crippen LogP contribution in [0.4, 0.5) is 4.39 Å². The highest BCUT2D eigenvalue weighted by molar-refractivity contribution is 5.86. The third-order valence-electron chi connectivity index (χ3n) is 3.70. The topological polar surface area (TPSA) is 98.1 Å². The van der Waals surface area contributed by atoms with E-state index in [2.05, 4.69) is 10.5 Å². The molecule has 0 radical (unpaired) electrons. The van der Waals surface area contributed by atoms with Crippen molar-refractivity contribution in [3.63, 3.8) is 0 Å². The molecule has 0 aliphatic heterocycles. The summed E-state index contributed by atoms with van der Waals surface area (Å²) < 4.78 is 20.0. The van der Waals surface area contributed by atoms with Gasteiger partial charge in [0.2, 0.25) is 0 Å². The highest BCUT2D eigenvalue weighted by Gasteiger charge is 2.16. The lowest BCUT2D eigenvalue weighted by Crippen LogP contribution is -2.36. The normalized spacial score (nSPS) is 11.0. The number of hydrogen-bond donors (Lipinski definition) is 2. The molecule has 2 aromatic heterocycles. The van der Waals surface area contributed by atoms with Crippen molar-refractivity contribution in [2.45, 2.75) is 6.92 Å². The molecule has 8 nitrogen and oxygen atoms in total. The first-order valence-corrected chi connectivity index (χ1v) is 7.34. The van der Waals surface area contributed by atoms with Gasteiger partial charge in [0.05, 0.1) is 22.3 Å². The summed E-state index contributed by atoms with van der Waals surface area (Å²) in [6, 6.07) is 6.54. The number of methoxy groups -OCH3 is 1. The van der Waals surface area contributed by atoms with Crippen molar-refractivity contribution in [1.29, 1.82) is 0 Å². The van der Waals surface area contributed by atoms with Crippen molar-refractivity contribution in [2.24, 2.45) is 0 Å². The molecular formula is C16H15FN4O4. The van der Waals surface area contributed by atoms with E-state index in [0.29, 0.717) is 11.2 Å². The van der Waals surface area contributed by atoms with Gasteiger partial charge in [-0.25, -0.2) is 13.7 Å². The molecule has 0 fully saturated rings. The number of nitrogens with one attached hydrogen (secondary N) is 2. The first-order valence-electron chi connectivity index (χ1n) is 7.34. The molecule has 2 heterocycles. The van der Waals surface area contributed by atoms with Crippen molar-refractivity contribution >= 4 is 16.8 Å². The summed E-state index contributed by atoms with van der Waals surface area (Å²) in [5.74, 6) is -0.953. The van der Waals surface area contributed by atoms with E-state index in [0.717, 1.165) is 4.68 Å². The Morgan fingerprint density at radius 1 is 1.28 bits per heavy atom. The van der Waals surface area contributed by atoms with E-state index in [4.69, 9.17) is 4.74 Å². The van der Waals surface area contributed by atoms with Crippen LogP contribution in [0.5, 0.6) is 0 Å². The largest absolute Gasteiger partial charge is 0.375 e. The van der Waals surface area contributed by atoms with Crippen LogP contribution in [0.25, 0.3) is 16.6 Å². The molecule has 130 valence electrons. The number of halogens is 1. The number of carbonyl (C=O) groups is 1. The highest BCUT2D eigenvalue weighted by atomic mass is 19.1. The third kappa shape index (κ3) is 2.96. The predicted molar refractivity (Wildman–Crippen MR) is 89.1 cm³/mol. The molecule has 25 heavy (non-hydrogen) atoms. The fraction of sp³-hybridized carbons (Fsp3) is 0.188. The summed E-state index contributed by atoms with van der Waals surface area (Å²) >= 11 is 0. The lowest BCUT2D eigenvalue weighted by atomic mass is 10.2. The van der Waals surface area contributed by atoms with Crippen LogP contribution < -0.4 is 16.5 Å². The molecule has 0 aliphatic carbocycles. The lowest BCUT2D eigenvalue weighted by Gasteiger charge is -2.10. The standard InChI is InChI=1S/C16H15FN4O4/c1-9-15-12(7-14(23)20(9)19-13(22)8-25-2)18-21(16(15)24)11-5-3-10(17)4-6-11/h3-7,18H,8H2,1-2H3,(H,19,22). The van der Waals surface area contributed by atoms with Crippen molar-refractivity contribution in [2.75, 3.05) is 19.1 Å². The summed E-state index contributed by atoms with van der Waals surface area (Å²) in [5, 5.41) is 3.06. The van der Waals surface area contributed by atoms with Crippen LogP contribution >= 0.6 is 0 Å². The predicted octanol–water partition coefficient (Wildman–Crippen LogP) is 0.645. The van der Waals surface area contributed by atoms with E-state index in [9.17, 15) is 18.8 Å². The van der Waals surface area contributed by atoms with Gasteiger partial charge in [0.25, 0.3) is 17.0 Å². The molecule has 3 rings (SSSR count). The number of hydrogen-bond acceptors (Lipinski definition) is 4. The number of aromatic nitrogens is 3. The Morgan fingerprint density at radius 3 is 2.60 bits per heavy atom. The van der Waals surface area contributed by atoms with Gasteiger partial charge < -0.3 is 4.74 Å². The first kappa shape index (κ1) is 16.7. The molecule has 0 aliphatic rings. The number of rotatable bonds is 4. The second-order valence-corrected chi connectivity index (χ2v) is 5.39. The van der Waals surface area contributed by atoms with Crippen molar-refractivity contribution in [3.8, 4) is 5.69 Å². The maximum absolute atomic E-state index is 13.1. The Hall–Kier alpha value is -3.20. The number of benzene rings is 1. The van der Waals surface area contributed by atoms with Gasteiger partial charge in [-0.2, -0.15) is 0 Å². The van der Waals surface area contributed by atoms with E-state index >= 15 is 0 Å². The van der Waals surface area contributed by atoms with Gasteiger partial charge in [-0.15, -0.1) is 0 Å². The van der Waals surface area contributed by atoms with Gasteiger partial charge >= 0.3 is 0 Å². The molecule has 0 bridgehead atoms. The van der Waals surface area contributed by atoms with Crippen molar-refractivity contribution < 1.29 is 13.9 Å². The summed E-state index contributed by atoms with van der Waals surface area (Å²) in [5.41, 5.74) is 2.46. The maximum atomic E-state index is 13.1. The fourth-order valence-electron chi connectivity index (χ4n) is 2.57. The molecule has 0 atom stereocenters. The zero-order valence-electron chi connectivity index (χ0n) is 13.5. The molecule has 0 unspecified atom stereocenters. The van der Waals surface area contributed by atoms with Gasteiger partial charge in [0, 0.05) is 13.2 Å². The number of H-pyrrole nitrogens is 1. The minimum atomic E-state index is -0.526. The molecule has 3 aromatic rings. The molecule has 0 saturated heterocycles. The smallest absolute Gasteiger partial charge is 0.280 e. The van der Waals surface area contributed by atoms with E-state index in [1.165, 1.54) is 42.1 Å². The number of aryl methyl sites for hydroxylation is 1.